The first-order valence-corrected chi connectivity index (χ1v) is 12.4. The smallest absolute Gasteiger partial charge is 0.326 e. The number of nitrogens with one attached hydrogen (secondary N) is 3. The maximum absolute atomic E-state index is 13.2. The lowest BCUT2D eigenvalue weighted by Gasteiger charge is -2.28. The van der Waals surface area contributed by atoms with Crippen LogP contribution in [0.4, 0.5) is 0 Å². The molecule has 5 atom stereocenters. The first kappa shape index (κ1) is 32.0. The van der Waals surface area contributed by atoms with Gasteiger partial charge < -0.3 is 38.3 Å². The van der Waals surface area contributed by atoms with Gasteiger partial charge in [-0.05, 0) is 30.7 Å². The minimum atomic E-state index is -1.45. The average Bonchev–Trinajstić information content (AvgIpc) is 2.86. The monoisotopic (exact) mass is 534 g/mol. The van der Waals surface area contributed by atoms with Gasteiger partial charge in [-0.25, -0.2) is 4.79 Å². The van der Waals surface area contributed by atoms with Crippen molar-refractivity contribution in [2.24, 2.45) is 23.1 Å². The predicted molar refractivity (Wildman–Crippen MR) is 138 cm³/mol. The summed E-state index contributed by atoms with van der Waals surface area (Å²) in [4.78, 5) is 72.8. The third kappa shape index (κ3) is 11.4. The number of primary amides is 2. The molecule has 210 valence electrons. The molecule has 0 heterocycles. The van der Waals surface area contributed by atoms with Crippen LogP contribution >= 0.6 is 0 Å². The van der Waals surface area contributed by atoms with Crippen LogP contribution < -0.4 is 33.2 Å². The van der Waals surface area contributed by atoms with Gasteiger partial charge in [-0.1, -0.05) is 50.6 Å². The number of carboxylic acid groups (broad SMARTS) is 1. The largest absolute Gasteiger partial charge is 0.480 e. The van der Waals surface area contributed by atoms with E-state index >= 15 is 0 Å². The Balaban J connectivity index is 3.01. The summed E-state index contributed by atoms with van der Waals surface area (Å²) in [7, 11) is 0. The highest BCUT2D eigenvalue weighted by Crippen LogP contribution is 2.11. The summed E-state index contributed by atoms with van der Waals surface area (Å²) < 4.78 is 0. The molecule has 0 fully saturated rings. The molecule has 0 aliphatic carbocycles. The fourth-order valence-corrected chi connectivity index (χ4v) is 3.56. The van der Waals surface area contributed by atoms with Crippen molar-refractivity contribution >= 4 is 35.5 Å². The summed E-state index contributed by atoms with van der Waals surface area (Å²) in [6.45, 7) is 3.55. The molecule has 5 unspecified atom stereocenters. The number of aliphatic carboxylic acids is 1. The van der Waals surface area contributed by atoms with Gasteiger partial charge in [0.1, 0.15) is 18.1 Å². The molecule has 0 aliphatic rings. The molecule has 38 heavy (non-hydrogen) atoms. The summed E-state index contributed by atoms with van der Waals surface area (Å²) in [5.41, 5.74) is 17.2. The van der Waals surface area contributed by atoms with Crippen molar-refractivity contribution in [3.63, 3.8) is 0 Å². The van der Waals surface area contributed by atoms with Crippen LogP contribution in [-0.4, -0.2) is 64.8 Å². The summed E-state index contributed by atoms with van der Waals surface area (Å²) in [6, 6.07) is 4.31. The second-order valence-corrected chi connectivity index (χ2v) is 9.14. The molecule has 13 nitrogen and oxygen atoms in total. The summed E-state index contributed by atoms with van der Waals surface area (Å²) in [5, 5.41) is 16.8. The normalized spacial score (nSPS) is 14.7. The number of hydrogen-bond donors (Lipinski definition) is 7. The van der Waals surface area contributed by atoms with E-state index in [9.17, 15) is 33.9 Å². The Kier molecular flexibility index (Phi) is 13.5. The number of carbonyl (C=O) groups excluding carboxylic acids is 5. The topological polar surface area (TPSA) is 237 Å². The first-order valence-electron chi connectivity index (χ1n) is 12.4. The fraction of sp³-hybridized carbons (Fsp3) is 0.520. The Bertz CT molecular complexity index is 988. The van der Waals surface area contributed by atoms with Crippen LogP contribution in [0.1, 0.15) is 51.5 Å². The zero-order valence-electron chi connectivity index (χ0n) is 21.6. The van der Waals surface area contributed by atoms with E-state index in [1.165, 1.54) is 0 Å². The van der Waals surface area contributed by atoms with Crippen molar-refractivity contribution in [1.29, 1.82) is 0 Å². The lowest BCUT2D eigenvalue weighted by atomic mass is 9.96. The molecular formula is C25H38N6O7. The van der Waals surface area contributed by atoms with Gasteiger partial charge in [0.15, 0.2) is 0 Å². The summed E-state index contributed by atoms with van der Waals surface area (Å²) in [6.07, 6.45) is -0.312. The standard InChI is InChI=1S/C25H38N6O7/c1-3-14(2)21(31-22(34)16(26)13-15-7-5-4-6-8-15)24(36)29-17(9-11-19(27)32)23(35)30-18(25(37)38)10-12-20(28)33/h4-8,14,16-18,21H,3,9-13,26H2,1-2H3,(H2,27,32)(H2,28,33)(H,29,36)(H,30,35)(H,31,34)(H,37,38). The van der Waals surface area contributed by atoms with E-state index in [1.807, 2.05) is 37.3 Å². The zero-order chi connectivity index (χ0) is 28.8. The fourth-order valence-electron chi connectivity index (χ4n) is 3.56. The molecule has 0 aliphatic heterocycles. The molecule has 0 saturated heterocycles. The van der Waals surface area contributed by atoms with Crippen LogP contribution in [-0.2, 0) is 35.2 Å². The van der Waals surface area contributed by atoms with Crippen LogP contribution in [0, 0.1) is 5.92 Å². The molecule has 0 bridgehead atoms. The lowest BCUT2D eigenvalue weighted by Crippen LogP contribution is -2.58. The summed E-state index contributed by atoms with van der Waals surface area (Å²) in [5.74, 6) is -5.42. The van der Waals surface area contributed by atoms with E-state index in [2.05, 4.69) is 16.0 Å². The SMILES string of the molecule is CCC(C)C(NC(=O)C(N)Cc1ccccc1)C(=O)NC(CCC(N)=O)C(=O)NC(CCC(N)=O)C(=O)O. The zero-order valence-corrected chi connectivity index (χ0v) is 21.6. The van der Waals surface area contributed by atoms with Crippen LogP contribution in [0.2, 0.25) is 0 Å². The number of carbonyl (C=O) groups is 6. The Morgan fingerprint density at radius 3 is 1.84 bits per heavy atom. The predicted octanol–water partition coefficient (Wildman–Crippen LogP) is -1.33. The first-order chi connectivity index (χ1) is 17.8. The third-order valence-electron chi connectivity index (χ3n) is 6.03. The Labute approximate surface area is 221 Å². The summed E-state index contributed by atoms with van der Waals surface area (Å²) >= 11 is 0. The Hall–Kier alpha value is -4.00. The van der Waals surface area contributed by atoms with Crippen LogP contribution in [0.25, 0.3) is 0 Å². The van der Waals surface area contributed by atoms with Crippen LogP contribution in [0.5, 0.6) is 0 Å². The van der Waals surface area contributed by atoms with E-state index in [1.54, 1.807) is 6.92 Å². The molecular weight excluding hydrogens is 496 g/mol. The lowest BCUT2D eigenvalue weighted by molar-refractivity contribution is -0.143. The van der Waals surface area contributed by atoms with E-state index in [-0.39, 0.29) is 38.0 Å². The van der Waals surface area contributed by atoms with Crippen molar-refractivity contribution < 1.29 is 33.9 Å². The van der Waals surface area contributed by atoms with Gasteiger partial charge in [0.2, 0.25) is 29.5 Å². The molecule has 1 aromatic carbocycles. The number of nitrogens with two attached hydrogens (primary N) is 3. The molecule has 0 saturated carbocycles. The van der Waals surface area contributed by atoms with Crippen molar-refractivity contribution in [3.05, 3.63) is 35.9 Å². The highest BCUT2D eigenvalue weighted by atomic mass is 16.4. The number of rotatable bonds is 17. The quantitative estimate of drug-likeness (QED) is 0.126. The minimum Gasteiger partial charge on any atom is -0.480 e. The van der Waals surface area contributed by atoms with E-state index < -0.39 is 59.7 Å². The molecule has 10 N–H and O–H groups in total. The molecule has 13 heteroatoms. The van der Waals surface area contributed by atoms with Gasteiger partial charge in [0.25, 0.3) is 0 Å². The third-order valence-corrected chi connectivity index (χ3v) is 6.03. The van der Waals surface area contributed by atoms with Gasteiger partial charge in [-0.15, -0.1) is 0 Å². The average molecular weight is 535 g/mol. The van der Waals surface area contributed by atoms with Crippen molar-refractivity contribution in [2.45, 2.75) is 76.5 Å². The second kappa shape index (κ2) is 16.0. The van der Waals surface area contributed by atoms with Crippen LogP contribution in [0.3, 0.4) is 0 Å². The highest BCUT2D eigenvalue weighted by molar-refractivity contribution is 5.94. The van der Waals surface area contributed by atoms with E-state index in [4.69, 9.17) is 17.2 Å². The maximum atomic E-state index is 13.2. The van der Waals surface area contributed by atoms with Crippen molar-refractivity contribution in [2.75, 3.05) is 0 Å². The molecule has 0 radical (unpaired) electrons. The molecule has 1 rings (SSSR count). The Morgan fingerprint density at radius 1 is 0.816 bits per heavy atom. The number of carboxylic acids is 1. The minimum absolute atomic E-state index is 0.218. The van der Waals surface area contributed by atoms with E-state index in [0.29, 0.717) is 6.42 Å². The molecule has 0 aromatic heterocycles. The molecule has 1 aromatic rings. The van der Waals surface area contributed by atoms with Crippen LogP contribution in [0.15, 0.2) is 30.3 Å². The molecule has 0 spiro atoms. The van der Waals surface area contributed by atoms with Crippen molar-refractivity contribution in [3.8, 4) is 0 Å². The van der Waals surface area contributed by atoms with Crippen molar-refractivity contribution in [1.82, 2.24) is 16.0 Å². The number of hydrogen-bond acceptors (Lipinski definition) is 7. The van der Waals surface area contributed by atoms with Gasteiger partial charge in [-0.3, -0.25) is 24.0 Å². The Morgan fingerprint density at radius 2 is 1.34 bits per heavy atom. The van der Waals surface area contributed by atoms with Gasteiger partial charge in [-0.2, -0.15) is 0 Å². The van der Waals surface area contributed by atoms with Gasteiger partial charge in [0, 0.05) is 12.8 Å². The highest BCUT2D eigenvalue weighted by Gasteiger charge is 2.32. The maximum Gasteiger partial charge on any atom is 0.326 e. The number of amides is 5. The van der Waals surface area contributed by atoms with E-state index in [0.717, 1.165) is 5.56 Å². The number of benzene rings is 1. The second-order valence-electron chi connectivity index (χ2n) is 9.14. The van der Waals surface area contributed by atoms with Gasteiger partial charge in [0.05, 0.1) is 6.04 Å². The van der Waals surface area contributed by atoms with Gasteiger partial charge >= 0.3 is 5.97 Å². The molecule has 5 amide bonds.